The number of carboxylic acids is 2. The molecular formula is C24H22N4O4. The first-order chi connectivity index (χ1) is 15.5. The summed E-state index contributed by atoms with van der Waals surface area (Å²) in [5.74, 6) is -1.85. The number of hydrogen-bond acceptors (Lipinski definition) is 4. The number of aryl methyl sites for hydroxylation is 2. The summed E-state index contributed by atoms with van der Waals surface area (Å²) in [4.78, 5) is 22.6. The molecule has 2 aromatic carbocycles. The van der Waals surface area contributed by atoms with Gasteiger partial charge in [-0.2, -0.15) is 10.2 Å². The van der Waals surface area contributed by atoms with Crippen molar-refractivity contribution in [2.24, 2.45) is 0 Å². The molecule has 2 aromatic heterocycles. The number of aliphatic carboxylic acids is 2. The average molecular weight is 430 g/mol. The van der Waals surface area contributed by atoms with E-state index < -0.39 is 11.9 Å². The Labute approximate surface area is 184 Å². The Hall–Kier alpha value is -4.20. The zero-order valence-corrected chi connectivity index (χ0v) is 17.3. The van der Waals surface area contributed by atoms with Crippen molar-refractivity contribution in [3.05, 3.63) is 95.6 Å². The Morgan fingerprint density at radius 2 is 1.03 bits per heavy atom. The van der Waals surface area contributed by atoms with E-state index in [1.165, 1.54) is 0 Å². The van der Waals surface area contributed by atoms with Gasteiger partial charge >= 0.3 is 11.9 Å². The quantitative estimate of drug-likeness (QED) is 0.422. The number of rotatable bonds is 9. The second-order valence-electron chi connectivity index (χ2n) is 7.39. The minimum atomic E-state index is -0.923. The van der Waals surface area contributed by atoms with Crippen LogP contribution in [0.3, 0.4) is 0 Å². The van der Waals surface area contributed by atoms with Gasteiger partial charge in [-0.15, -0.1) is 0 Å². The van der Waals surface area contributed by atoms with E-state index in [0.29, 0.717) is 24.2 Å². The molecule has 32 heavy (non-hydrogen) atoms. The molecule has 0 atom stereocenters. The predicted octanol–water partition coefficient (Wildman–Crippen LogP) is 3.10. The molecule has 0 aliphatic heterocycles. The minimum absolute atomic E-state index is 0.132. The zero-order chi connectivity index (χ0) is 22.5. The molecule has 0 unspecified atom stereocenters. The number of para-hydroxylation sites is 2. The molecule has 0 fully saturated rings. The number of carbonyl (C=O) groups is 2. The predicted molar refractivity (Wildman–Crippen MR) is 117 cm³/mol. The fourth-order valence-corrected chi connectivity index (χ4v) is 3.60. The summed E-state index contributed by atoms with van der Waals surface area (Å²) in [6, 6.07) is 22.4. The van der Waals surface area contributed by atoms with Gasteiger partial charge in [0.05, 0.1) is 47.0 Å². The van der Waals surface area contributed by atoms with Gasteiger partial charge < -0.3 is 10.2 Å². The van der Waals surface area contributed by atoms with Gasteiger partial charge in [-0.1, -0.05) is 36.4 Å². The lowest BCUT2D eigenvalue weighted by atomic mass is 10.1. The lowest BCUT2D eigenvalue weighted by Gasteiger charge is -2.05. The van der Waals surface area contributed by atoms with Crippen LogP contribution < -0.4 is 0 Å². The zero-order valence-electron chi connectivity index (χ0n) is 17.3. The molecule has 0 amide bonds. The minimum Gasteiger partial charge on any atom is -0.481 e. The second-order valence-corrected chi connectivity index (χ2v) is 7.39. The first-order valence-corrected chi connectivity index (χ1v) is 10.2. The van der Waals surface area contributed by atoms with Gasteiger partial charge in [0.15, 0.2) is 0 Å². The fraction of sp³-hybridized carbons (Fsp3) is 0.167. The van der Waals surface area contributed by atoms with E-state index in [9.17, 15) is 19.8 Å². The molecule has 2 heterocycles. The molecule has 8 heteroatoms. The van der Waals surface area contributed by atoms with E-state index in [4.69, 9.17) is 0 Å². The molecule has 0 saturated heterocycles. The third-order valence-electron chi connectivity index (χ3n) is 4.97. The van der Waals surface area contributed by atoms with Crippen LogP contribution in [-0.4, -0.2) is 41.7 Å². The highest BCUT2D eigenvalue weighted by Gasteiger charge is 2.16. The van der Waals surface area contributed by atoms with Crippen molar-refractivity contribution in [2.75, 3.05) is 0 Å². The molecule has 162 valence electrons. The highest BCUT2D eigenvalue weighted by atomic mass is 16.4. The summed E-state index contributed by atoms with van der Waals surface area (Å²) in [5, 5.41) is 27.8. The molecule has 0 spiro atoms. The summed E-state index contributed by atoms with van der Waals surface area (Å²) in [7, 11) is 0. The first-order valence-electron chi connectivity index (χ1n) is 10.2. The molecule has 4 aromatic rings. The standard InChI is InChI=1S/C24H22N4O4/c29-23(30)15-21-13-17(25-27(21)19-7-3-1-4-8-19)11-12-18-14-22(16-24(31)32)28(26-18)20-9-5-2-6-10-20/h1-10,13-14H,11-12,15-16H2,(H,29,30)(H,31,32). The average Bonchev–Trinajstić information content (AvgIpc) is 3.36. The van der Waals surface area contributed by atoms with Gasteiger partial charge in [-0.05, 0) is 49.2 Å². The van der Waals surface area contributed by atoms with E-state index in [1.54, 1.807) is 21.5 Å². The van der Waals surface area contributed by atoms with E-state index in [0.717, 1.165) is 22.8 Å². The molecule has 4 rings (SSSR count). The van der Waals surface area contributed by atoms with Crippen molar-refractivity contribution in [1.29, 1.82) is 0 Å². The van der Waals surface area contributed by atoms with Gasteiger partial charge in [-0.25, -0.2) is 9.36 Å². The number of hydrogen-bond donors (Lipinski definition) is 2. The summed E-state index contributed by atoms with van der Waals surface area (Å²) < 4.78 is 3.31. The van der Waals surface area contributed by atoms with Crippen molar-refractivity contribution in [3.63, 3.8) is 0 Å². The van der Waals surface area contributed by atoms with Crippen molar-refractivity contribution in [3.8, 4) is 11.4 Å². The topological polar surface area (TPSA) is 110 Å². The van der Waals surface area contributed by atoms with Gasteiger partial charge in [0, 0.05) is 0 Å². The summed E-state index contributed by atoms with van der Waals surface area (Å²) >= 11 is 0. The van der Waals surface area contributed by atoms with E-state index >= 15 is 0 Å². The number of nitrogens with zero attached hydrogens (tertiary/aromatic N) is 4. The molecule has 0 aliphatic carbocycles. The Morgan fingerprint density at radius 1 is 0.656 bits per heavy atom. The third-order valence-corrected chi connectivity index (χ3v) is 4.97. The van der Waals surface area contributed by atoms with Crippen LogP contribution in [0.4, 0.5) is 0 Å². The maximum Gasteiger partial charge on any atom is 0.309 e. The van der Waals surface area contributed by atoms with Crippen LogP contribution in [-0.2, 0) is 35.3 Å². The van der Waals surface area contributed by atoms with Crippen LogP contribution in [0.25, 0.3) is 11.4 Å². The number of carboxylic acid groups (broad SMARTS) is 2. The summed E-state index contributed by atoms with van der Waals surface area (Å²) in [5.41, 5.74) is 4.29. The van der Waals surface area contributed by atoms with Crippen LogP contribution in [0, 0.1) is 0 Å². The second kappa shape index (κ2) is 9.30. The number of benzene rings is 2. The van der Waals surface area contributed by atoms with Crippen molar-refractivity contribution < 1.29 is 19.8 Å². The Morgan fingerprint density at radius 3 is 1.38 bits per heavy atom. The lowest BCUT2D eigenvalue weighted by molar-refractivity contribution is -0.137. The van der Waals surface area contributed by atoms with Crippen molar-refractivity contribution in [2.45, 2.75) is 25.7 Å². The molecule has 0 saturated carbocycles. The molecule has 2 N–H and O–H groups in total. The summed E-state index contributed by atoms with van der Waals surface area (Å²) in [6.45, 7) is 0. The highest BCUT2D eigenvalue weighted by Crippen LogP contribution is 2.17. The number of aromatic nitrogens is 4. The smallest absolute Gasteiger partial charge is 0.309 e. The highest BCUT2D eigenvalue weighted by molar-refractivity contribution is 5.70. The SMILES string of the molecule is O=C(O)Cc1cc(CCc2cc(CC(=O)O)n(-c3ccccc3)n2)nn1-c1ccccc1. The maximum absolute atomic E-state index is 11.3. The van der Waals surface area contributed by atoms with Gasteiger partial charge in [0.1, 0.15) is 0 Å². The Bertz CT molecular complexity index is 1130. The van der Waals surface area contributed by atoms with Crippen LogP contribution in [0.15, 0.2) is 72.8 Å². The van der Waals surface area contributed by atoms with Crippen LogP contribution in [0.1, 0.15) is 22.8 Å². The molecular weight excluding hydrogens is 408 g/mol. The Balaban J connectivity index is 1.58. The molecule has 0 aliphatic rings. The van der Waals surface area contributed by atoms with Gasteiger partial charge in [0.2, 0.25) is 0 Å². The van der Waals surface area contributed by atoms with Crippen LogP contribution in [0.5, 0.6) is 0 Å². The van der Waals surface area contributed by atoms with E-state index in [1.807, 2.05) is 60.7 Å². The van der Waals surface area contributed by atoms with Crippen molar-refractivity contribution in [1.82, 2.24) is 19.6 Å². The van der Waals surface area contributed by atoms with Crippen LogP contribution in [0.2, 0.25) is 0 Å². The van der Waals surface area contributed by atoms with Gasteiger partial charge in [-0.3, -0.25) is 9.59 Å². The largest absolute Gasteiger partial charge is 0.481 e. The van der Waals surface area contributed by atoms with E-state index in [2.05, 4.69) is 10.2 Å². The Kier molecular flexibility index (Phi) is 6.12. The van der Waals surface area contributed by atoms with Crippen LogP contribution >= 0.6 is 0 Å². The maximum atomic E-state index is 11.3. The third kappa shape index (κ3) is 4.92. The first kappa shape index (κ1) is 21.0. The lowest BCUT2D eigenvalue weighted by Crippen LogP contribution is -2.08. The molecule has 8 nitrogen and oxygen atoms in total. The molecule has 0 bridgehead atoms. The molecule has 0 radical (unpaired) electrons. The van der Waals surface area contributed by atoms with Crippen molar-refractivity contribution >= 4 is 11.9 Å². The van der Waals surface area contributed by atoms with Gasteiger partial charge in [0.25, 0.3) is 0 Å². The monoisotopic (exact) mass is 430 g/mol. The van der Waals surface area contributed by atoms with E-state index in [-0.39, 0.29) is 12.8 Å². The normalized spacial score (nSPS) is 10.9. The summed E-state index contributed by atoms with van der Waals surface area (Å²) in [6.07, 6.45) is 0.829. The fourth-order valence-electron chi connectivity index (χ4n) is 3.60.